The molecule has 1 aromatic rings. The molecule has 0 unspecified atom stereocenters. The van der Waals surface area contributed by atoms with Crippen LogP contribution < -0.4 is 11.1 Å². The van der Waals surface area contributed by atoms with E-state index in [0.29, 0.717) is 17.1 Å². The average Bonchev–Trinajstić information content (AvgIpc) is 3.01. The zero-order valence-corrected chi connectivity index (χ0v) is 10.2. The predicted molar refractivity (Wildman–Crippen MR) is 66.7 cm³/mol. The first-order valence-electron chi connectivity index (χ1n) is 5.50. The minimum absolute atomic E-state index is 0.0586. The van der Waals surface area contributed by atoms with Crippen molar-refractivity contribution in [3.8, 4) is 0 Å². The Morgan fingerprint density at radius 3 is 3.00 bits per heavy atom. The summed E-state index contributed by atoms with van der Waals surface area (Å²) >= 11 is 1.38. The molecule has 1 heterocycles. The molecule has 88 valence electrons. The van der Waals surface area contributed by atoms with Gasteiger partial charge in [-0.05, 0) is 31.3 Å². The Morgan fingerprint density at radius 1 is 1.69 bits per heavy atom. The standard InChI is InChI=1S/C11H17N3OS/c1-14(8-2-3-8)6-5-13-11(15)10-9(12)4-7-16-10/h4,7-8H,2-3,5-6,12H2,1H3,(H,13,15). The first-order valence-corrected chi connectivity index (χ1v) is 6.38. The normalized spacial score (nSPS) is 15.4. The molecule has 2 rings (SSSR count). The number of amides is 1. The monoisotopic (exact) mass is 239 g/mol. The van der Waals surface area contributed by atoms with Gasteiger partial charge in [-0.3, -0.25) is 4.79 Å². The van der Waals surface area contributed by atoms with Crippen molar-refractivity contribution in [1.82, 2.24) is 10.2 Å². The molecule has 5 heteroatoms. The molecule has 1 aliphatic rings. The second-order valence-corrected chi connectivity index (χ2v) is 5.09. The lowest BCUT2D eigenvalue weighted by Crippen LogP contribution is -2.33. The Bertz CT molecular complexity index is 373. The lowest BCUT2D eigenvalue weighted by molar-refractivity contribution is 0.0954. The molecule has 0 aliphatic heterocycles. The third-order valence-electron chi connectivity index (χ3n) is 2.82. The number of carbonyl (C=O) groups is 1. The fraction of sp³-hybridized carbons (Fsp3) is 0.545. The first-order chi connectivity index (χ1) is 7.68. The first kappa shape index (κ1) is 11.4. The van der Waals surface area contributed by atoms with Crippen molar-refractivity contribution in [2.75, 3.05) is 25.9 Å². The lowest BCUT2D eigenvalue weighted by Gasteiger charge is -2.15. The van der Waals surface area contributed by atoms with Gasteiger partial charge in [0.1, 0.15) is 4.88 Å². The van der Waals surface area contributed by atoms with Crippen molar-refractivity contribution in [2.24, 2.45) is 0 Å². The summed E-state index contributed by atoms with van der Waals surface area (Å²) in [6.45, 7) is 1.59. The van der Waals surface area contributed by atoms with Gasteiger partial charge in [0, 0.05) is 19.1 Å². The summed E-state index contributed by atoms with van der Waals surface area (Å²) in [6.07, 6.45) is 2.59. The summed E-state index contributed by atoms with van der Waals surface area (Å²) in [7, 11) is 2.10. The van der Waals surface area contributed by atoms with E-state index in [-0.39, 0.29) is 5.91 Å². The molecular weight excluding hydrogens is 222 g/mol. The van der Waals surface area contributed by atoms with E-state index in [2.05, 4.69) is 17.3 Å². The molecule has 3 N–H and O–H groups in total. The van der Waals surface area contributed by atoms with Crippen molar-refractivity contribution < 1.29 is 4.79 Å². The van der Waals surface area contributed by atoms with Crippen LogP contribution in [0, 0.1) is 0 Å². The molecule has 0 spiro atoms. The van der Waals surface area contributed by atoms with Crippen LogP contribution >= 0.6 is 11.3 Å². The molecule has 0 atom stereocenters. The number of nitrogens with one attached hydrogen (secondary N) is 1. The van der Waals surface area contributed by atoms with Crippen molar-refractivity contribution in [3.05, 3.63) is 16.3 Å². The van der Waals surface area contributed by atoms with Gasteiger partial charge in [-0.15, -0.1) is 11.3 Å². The van der Waals surface area contributed by atoms with Crippen LogP contribution in [0.2, 0.25) is 0 Å². The fourth-order valence-electron chi connectivity index (χ4n) is 1.63. The number of likely N-dealkylation sites (N-methyl/N-ethyl adjacent to an activating group) is 1. The summed E-state index contributed by atoms with van der Waals surface area (Å²) in [6, 6.07) is 2.50. The summed E-state index contributed by atoms with van der Waals surface area (Å²) in [5.74, 6) is -0.0586. The molecule has 0 aromatic carbocycles. The van der Waals surface area contributed by atoms with Crippen LogP contribution in [0.15, 0.2) is 11.4 Å². The summed E-state index contributed by atoms with van der Waals surface area (Å²) in [5, 5.41) is 4.72. The van der Waals surface area contributed by atoms with Crippen molar-refractivity contribution in [1.29, 1.82) is 0 Å². The Labute approximate surface area is 99.4 Å². The van der Waals surface area contributed by atoms with E-state index in [4.69, 9.17) is 5.73 Å². The second-order valence-electron chi connectivity index (χ2n) is 4.17. The highest BCUT2D eigenvalue weighted by molar-refractivity contribution is 7.12. The van der Waals surface area contributed by atoms with E-state index in [9.17, 15) is 4.79 Å². The number of nitrogen functional groups attached to an aromatic ring is 1. The predicted octanol–water partition coefficient (Wildman–Crippen LogP) is 1.15. The molecule has 0 radical (unpaired) electrons. The zero-order chi connectivity index (χ0) is 11.5. The third-order valence-corrected chi connectivity index (χ3v) is 3.75. The second kappa shape index (κ2) is 4.84. The zero-order valence-electron chi connectivity index (χ0n) is 9.40. The van der Waals surface area contributed by atoms with Crippen LogP contribution in [0.4, 0.5) is 5.69 Å². The van der Waals surface area contributed by atoms with Gasteiger partial charge in [0.25, 0.3) is 5.91 Å². The minimum atomic E-state index is -0.0586. The number of thiophene rings is 1. The number of anilines is 1. The highest BCUT2D eigenvalue weighted by Gasteiger charge is 2.25. The summed E-state index contributed by atoms with van der Waals surface area (Å²) in [4.78, 5) is 14.6. The van der Waals surface area contributed by atoms with Gasteiger partial charge >= 0.3 is 0 Å². The molecule has 0 saturated heterocycles. The minimum Gasteiger partial charge on any atom is -0.397 e. The van der Waals surface area contributed by atoms with Gasteiger partial charge in [-0.1, -0.05) is 0 Å². The van der Waals surface area contributed by atoms with E-state index in [1.54, 1.807) is 6.07 Å². The molecule has 1 fully saturated rings. The smallest absolute Gasteiger partial charge is 0.263 e. The van der Waals surface area contributed by atoms with E-state index >= 15 is 0 Å². The van der Waals surface area contributed by atoms with E-state index in [1.807, 2.05) is 5.38 Å². The van der Waals surface area contributed by atoms with Gasteiger partial charge in [0.15, 0.2) is 0 Å². The maximum atomic E-state index is 11.7. The number of nitrogens with two attached hydrogens (primary N) is 1. The molecule has 1 aliphatic carbocycles. The van der Waals surface area contributed by atoms with Gasteiger partial charge in [-0.2, -0.15) is 0 Å². The van der Waals surface area contributed by atoms with Crippen LogP contribution in [0.1, 0.15) is 22.5 Å². The largest absolute Gasteiger partial charge is 0.397 e. The Morgan fingerprint density at radius 2 is 2.44 bits per heavy atom. The summed E-state index contributed by atoms with van der Waals surface area (Å²) < 4.78 is 0. The molecule has 1 aromatic heterocycles. The van der Waals surface area contributed by atoms with Crippen molar-refractivity contribution in [2.45, 2.75) is 18.9 Å². The maximum Gasteiger partial charge on any atom is 0.263 e. The van der Waals surface area contributed by atoms with Crippen LogP contribution in [-0.2, 0) is 0 Å². The number of nitrogens with zero attached hydrogens (tertiary/aromatic N) is 1. The van der Waals surface area contributed by atoms with Crippen LogP contribution in [0.25, 0.3) is 0 Å². The van der Waals surface area contributed by atoms with Crippen LogP contribution in [-0.4, -0.2) is 37.0 Å². The lowest BCUT2D eigenvalue weighted by atomic mass is 10.4. The van der Waals surface area contributed by atoms with Crippen molar-refractivity contribution >= 4 is 22.9 Å². The number of carbonyl (C=O) groups excluding carboxylic acids is 1. The maximum absolute atomic E-state index is 11.7. The Balaban J connectivity index is 1.73. The Kier molecular flexibility index (Phi) is 3.46. The van der Waals surface area contributed by atoms with Gasteiger partial charge in [0.05, 0.1) is 5.69 Å². The van der Waals surface area contributed by atoms with Crippen LogP contribution in [0.3, 0.4) is 0 Å². The topological polar surface area (TPSA) is 58.4 Å². The number of hydrogen-bond donors (Lipinski definition) is 2. The highest BCUT2D eigenvalue weighted by atomic mass is 32.1. The third kappa shape index (κ3) is 2.74. The van der Waals surface area contributed by atoms with E-state index < -0.39 is 0 Å². The van der Waals surface area contributed by atoms with Crippen molar-refractivity contribution in [3.63, 3.8) is 0 Å². The quantitative estimate of drug-likeness (QED) is 0.810. The molecule has 16 heavy (non-hydrogen) atoms. The molecule has 1 amide bonds. The van der Waals surface area contributed by atoms with Gasteiger partial charge in [-0.25, -0.2) is 0 Å². The molecule has 0 bridgehead atoms. The molecular formula is C11H17N3OS. The average molecular weight is 239 g/mol. The Hall–Kier alpha value is -1.07. The summed E-state index contributed by atoms with van der Waals surface area (Å²) in [5.41, 5.74) is 6.24. The number of hydrogen-bond acceptors (Lipinski definition) is 4. The fourth-order valence-corrected chi connectivity index (χ4v) is 2.36. The molecule has 4 nitrogen and oxygen atoms in total. The SMILES string of the molecule is CN(CCNC(=O)c1sccc1N)C1CC1. The number of rotatable bonds is 5. The van der Waals surface area contributed by atoms with Gasteiger partial charge < -0.3 is 16.0 Å². The van der Waals surface area contributed by atoms with E-state index in [0.717, 1.165) is 12.6 Å². The van der Waals surface area contributed by atoms with Crippen LogP contribution in [0.5, 0.6) is 0 Å². The van der Waals surface area contributed by atoms with E-state index in [1.165, 1.54) is 24.2 Å². The molecule has 1 saturated carbocycles. The highest BCUT2D eigenvalue weighted by Crippen LogP contribution is 2.24. The van der Waals surface area contributed by atoms with Gasteiger partial charge in [0.2, 0.25) is 0 Å².